The maximum Gasteiger partial charge on any atom is 0.306 e. The number of aliphatic carboxylic acids is 3. The third kappa shape index (κ3) is 9.62. The van der Waals surface area contributed by atoms with Crippen LogP contribution in [-0.2, 0) is 14.4 Å². The molecule has 18 heavy (non-hydrogen) atoms. The lowest BCUT2D eigenvalue weighted by Gasteiger charge is -2.10. The van der Waals surface area contributed by atoms with Crippen LogP contribution < -0.4 is 0 Å². The Labute approximate surface area is 106 Å². The summed E-state index contributed by atoms with van der Waals surface area (Å²) in [6.45, 7) is 0. The van der Waals surface area contributed by atoms with E-state index in [0.29, 0.717) is 19.3 Å². The number of carboxylic acids is 3. The second-order valence-corrected chi connectivity index (χ2v) is 4.31. The molecule has 6 heteroatoms. The van der Waals surface area contributed by atoms with Crippen molar-refractivity contribution < 1.29 is 29.7 Å². The van der Waals surface area contributed by atoms with Crippen LogP contribution in [0.5, 0.6) is 0 Å². The van der Waals surface area contributed by atoms with Crippen molar-refractivity contribution in [3.8, 4) is 0 Å². The number of hydrogen-bond donors (Lipinski definition) is 3. The normalized spacial score (nSPS) is 12.0. The van der Waals surface area contributed by atoms with E-state index in [0.717, 1.165) is 12.8 Å². The van der Waals surface area contributed by atoms with Gasteiger partial charge in [0.25, 0.3) is 0 Å². The van der Waals surface area contributed by atoms with Crippen molar-refractivity contribution in [1.29, 1.82) is 0 Å². The van der Waals surface area contributed by atoms with Crippen LogP contribution in [0.3, 0.4) is 0 Å². The van der Waals surface area contributed by atoms with Crippen LogP contribution in [-0.4, -0.2) is 33.2 Å². The molecule has 0 saturated carbocycles. The van der Waals surface area contributed by atoms with Crippen molar-refractivity contribution in [2.75, 3.05) is 0 Å². The largest absolute Gasteiger partial charge is 0.481 e. The summed E-state index contributed by atoms with van der Waals surface area (Å²) in [4.78, 5) is 31.5. The van der Waals surface area contributed by atoms with E-state index in [1.54, 1.807) is 0 Å². The number of rotatable bonds is 11. The number of carbonyl (C=O) groups is 3. The van der Waals surface area contributed by atoms with Crippen LogP contribution in [0.4, 0.5) is 0 Å². The maximum atomic E-state index is 10.9. The summed E-state index contributed by atoms with van der Waals surface area (Å²) < 4.78 is 0. The zero-order chi connectivity index (χ0) is 14.0. The molecule has 0 saturated heterocycles. The molecule has 0 heterocycles. The average Bonchev–Trinajstić information content (AvgIpc) is 2.25. The smallest absolute Gasteiger partial charge is 0.306 e. The highest BCUT2D eigenvalue weighted by Crippen LogP contribution is 2.17. The highest BCUT2D eigenvalue weighted by atomic mass is 16.4. The first-order valence-corrected chi connectivity index (χ1v) is 6.10. The summed E-state index contributed by atoms with van der Waals surface area (Å²) in [7, 11) is 0. The molecule has 3 N–H and O–H groups in total. The van der Waals surface area contributed by atoms with Gasteiger partial charge < -0.3 is 15.3 Å². The third-order valence-electron chi connectivity index (χ3n) is 2.75. The third-order valence-corrected chi connectivity index (χ3v) is 2.75. The van der Waals surface area contributed by atoms with Crippen LogP contribution in [0.1, 0.15) is 51.4 Å². The van der Waals surface area contributed by atoms with Gasteiger partial charge in [0.1, 0.15) is 0 Å². The molecule has 0 aliphatic heterocycles. The molecule has 0 bridgehead atoms. The van der Waals surface area contributed by atoms with Crippen molar-refractivity contribution in [2.45, 2.75) is 51.4 Å². The Kier molecular flexibility index (Phi) is 8.61. The van der Waals surface area contributed by atoms with Crippen molar-refractivity contribution >= 4 is 17.9 Å². The van der Waals surface area contributed by atoms with Crippen LogP contribution in [0.15, 0.2) is 0 Å². The zero-order valence-electron chi connectivity index (χ0n) is 10.3. The Bertz CT molecular complexity index is 286. The average molecular weight is 260 g/mol. The van der Waals surface area contributed by atoms with Gasteiger partial charge in [0.2, 0.25) is 0 Å². The van der Waals surface area contributed by atoms with Gasteiger partial charge in [-0.15, -0.1) is 0 Å². The van der Waals surface area contributed by atoms with E-state index < -0.39 is 23.8 Å². The molecule has 0 aromatic heterocycles. The summed E-state index contributed by atoms with van der Waals surface area (Å²) in [5, 5.41) is 25.8. The monoisotopic (exact) mass is 260 g/mol. The molecule has 1 unspecified atom stereocenters. The van der Waals surface area contributed by atoms with E-state index >= 15 is 0 Å². The number of hydrogen-bond acceptors (Lipinski definition) is 3. The van der Waals surface area contributed by atoms with Gasteiger partial charge in [-0.3, -0.25) is 14.4 Å². The predicted octanol–water partition coefficient (Wildman–Crippen LogP) is 1.98. The van der Waals surface area contributed by atoms with E-state index in [4.69, 9.17) is 15.3 Å². The molecule has 0 aromatic rings. The summed E-state index contributed by atoms with van der Waals surface area (Å²) in [6.07, 6.45) is 3.45. The minimum atomic E-state index is -0.984. The maximum absolute atomic E-state index is 10.9. The first-order chi connectivity index (χ1) is 8.43. The summed E-state index contributed by atoms with van der Waals surface area (Å²) >= 11 is 0. The Morgan fingerprint density at radius 2 is 1.28 bits per heavy atom. The van der Waals surface area contributed by atoms with Crippen LogP contribution >= 0.6 is 0 Å². The fourth-order valence-electron chi connectivity index (χ4n) is 1.71. The van der Waals surface area contributed by atoms with Gasteiger partial charge in [-0.05, 0) is 19.3 Å². The van der Waals surface area contributed by atoms with Crippen LogP contribution in [0.2, 0.25) is 0 Å². The first kappa shape index (κ1) is 16.4. The van der Waals surface area contributed by atoms with Gasteiger partial charge in [0.15, 0.2) is 0 Å². The molecule has 6 nitrogen and oxygen atoms in total. The van der Waals surface area contributed by atoms with E-state index in [9.17, 15) is 14.4 Å². The molecule has 1 atom stereocenters. The summed E-state index contributed by atoms with van der Waals surface area (Å²) in [6, 6.07) is 0. The Balaban J connectivity index is 3.67. The van der Waals surface area contributed by atoms with Gasteiger partial charge in [-0.1, -0.05) is 19.3 Å². The van der Waals surface area contributed by atoms with E-state index in [2.05, 4.69) is 0 Å². The van der Waals surface area contributed by atoms with Gasteiger partial charge in [-0.25, -0.2) is 0 Å². The second kappa shape index (κ2) is 9.44. The molecule has 104 valence electrons. The number of unbranched alkanes of at least 4 members (excludes halogenated alkanes) is 3. The molecule has 0 spiro atoms. The standard InChI is InChI=1S/C12H20O6/c13-10(14)6-4-2-1-3-5-9(12(17)18)7-8-11(15)16/h9H,1-8H2,(H,13,14)(H,15,16)(H,17,18). The van der Waals surface area contributed by atoms with E-state index in [-0.39, 0.29) is 19.3 Å². The Hall–Kier alpha value is -1.59. The van der Waals surface area contributed by atoms with Crippen LogP contribution in [0, 0.1) is 5.92 Å². The molecule has 0 fully saturated rings. The number of carboxylic acid groups (broad SMARTS) is 3. The van der Waals surface area contributed by atoms with Gasteiger partial charge >= 0.3 is 17.9 Å². The molecule has 0 aliphatic rings. The van der Waals surface area contributed by atoms with Crippen molar-refractivity contribution in [1.82, 2.24) is 0 Å². The molecule has 0 aromatic carbocycles. The van der Waals surface area contributed by atoms with Crippen molar-refractivity contribution in [3.05, 3.63) is 0 Å². The fourth-order valence-corrected chi connectivity index (χ4v) is 1.71. The first-order valence-electron chi connectivity index (χ1n) is 6.10. The van der Waals surface area contributed by atoms with Crippen molar-refractivity contribution in [2.24, 2.45) is 5.92 Å². The van der Waals surface area contributed by atoms with Gasteiger partial charge in [0, 0.05) is 12.8 Å². The molecular formula is C12H20O6. The lowest BCUT2D eigenvalue weighted by molar-refractivity contribution is -0.143. The van der Waals surface area contributed by atoms with E-state index in [1.807, 2.05) is 0 Å². The molecular weight excluding hydrogens is 240 g/mol. The van der Waals surface area contributed by atoms with Crippen LogP contribution in [0.25, 0.3) is 0 Å². The molecule has 0 radical (unpaired) electrons. The predicted molar refractivity (Wildman–Crippen MR) is 63.3 cm³/mol. The zero-order valence-corrected chi connectivity index (χ0v) is 10.3. The van der Waals surface area contributed by atoms with Crippen molar-refractivity contribution in [3.63, 3.8) is 0 Å². The van der Waals surface area contributed by atoms with Gasteiger partial charge in [0.05, 0.1) is 5.92 Å². The Morgan fingerprint density at radius 1 is 0.722 bits per heavy atom. The quantitative estimate of drug-likeness (QED) is 0.490. The highest BCUT2D eigenvalue weighted by Gasteiger charge is 2.17. The summed E-state index contributed by atoms with van der Waals surface area (Å²) in [5.41, 5.74) is 0. The topological polar surface area (TPSA) is 112 Å². The fraction of sp³-hybridized carbons (Fsp3) is 0.750. The van der Waals surface area contributed by atoms with Gasteiger partial charge in [-0.2, -0.15) is 0 Å². The minimum absolute atomic E-state index is 0.129. The summed E-state index contributed by atoms with van der Waals surface area (Å²) in [5.74, 6) is -3.37. The second-order valence-electron chi connectivity index (χ2n) is 4.31. The lowest BCUT2D eigenvalue weighted by atomic mass is 9.96. The molecule has 0 amide bonds. The highest BCUT2D eigenvalue weighted by molar-refractivity contribution is 5.72. The SMILES string of the molecule is O=C(O)CCCCCCC(CCC(=O)O)C(=O)O. The lowest BCUT2D eigenvalue weighted by Crippen LogP contribution is -2.15. The van der Waals surface area contributed by atoms with E-state index in [1.165, 1.54) is 0 Å². The minimum Gasteiger partial charge on any atom is -0.481 e. The molecule has 0 rings (SSSR count). The molecule has 0 aliphatic carbocycles. The Morgan fingerprint density at radius 3 is 1.78 bits per heavy atom.